The number of nitrogens with zero attached hydrogens (tertiary/aromatic N) is 3. The molecule has 8 heteroatoms. The SMILES string of the molecule is CC(C)c1ccccc1NC(=O)CSc1nc(N)nc(N)n1. The molecule has 2 aromatic rings. The molecule has 0 aliphatic rings. The molecule has 0 saturated heterocycles. The van der Waals surface area contributed by atoms with Gasteiger partial charge in [-0.25, -0.2) is 0 Å². The number of nitrogens with two attached hydrogens (primary N) is 2. The molecule has 0 aliphatic carbocycles. The van der Waals surface area contributed by atoms with Gasteiger partial charge in [0.05, 0.1) is 5.75 Å². The summed E-state index contributed by atoms with van der Waals surface area (Å²) in [5.41, 5.74) is 12.9. The molecule has 7 nitrogen and oxygen atoms in total. The van der Waals surface area contributed by atoms with Crippen molar-refractivity contribution < 1.29 is 4.79 Å². The molecule has 0 spiro atoms. The van der Waals surface area contributed by atoms with Crippen LogP contribution in [0, 0.1) is 0 Å². The maximum Gasteiger partial charge on any atom is 0.234 e. The lowest BCUT2D eigenvalue weighted by molar-refractivity contribution is -0.113. The maximum atomic E-state index is 12.1. The van der Waals surface area contributed by atoms with Gasteiger partial charge in [0.15, 0.2) is 5.16 Å². The molecule has 0 aliphatic heterocycles. The number of hydrogen-bond donors (Lipinski definition) is 3. The number of carbonyl (C=O) groups excluding carboxylic acids is 1. The normalized spacial score (nSPS) is 10.7. The van der Waals surface area contributed by atoms with E-state index in [0.29, 0.717) is 11.1 Å². The third kappa shape index (κ3) is 4.32. The lowest BCUT2D eigenvalue weighted by Gasteiger charge is -2.13. The van der Waals surface area contributed by atoms with Gasteiger partial charge in [-0.3, -0.25) is 4.79 Å². The number of rotatable bonds is 5. The number of benzene rings is 1. The largest absolute Gasteiger partial charge is 0.368 e. The molecule has 0 saturated carbocycles. The van der Waals surface area contributed by atoms with Gasteiger partial charge in [-0.05, 0) is 17.5 Å². The molecule has 0 bridgehead atoms. The van der Waals surface area contributed by atoms with Gasteiger partial charge in [0, 0.05) is 5.69 Å². The van der Waals surface area contributed by atoms with Crippen molar-refractivity contribution in [1.82, 2.24) is 15.0 Å². The Kier molecular flexibility index (Phi) is 5.16. The van der Waals surface area contributed by atoms with Crippen LogP contribution in [-0.2, 0) is 4.79 Å². The molecule has 1 amide bonds. The average Bonchev–Trinajstić information content (AvgIpc) is 2.44. The van der Waals surface area contributed by atoms with E-state index >= 15 is 0 Å². The Morgan fingerprint density at radius 1 is 1.18 bits per heavy atom. The minimum Gasteiger partial charge on any atom is -0.368 e. The Hall–Kier alpha value is -2.35. The molecule has 1 heterocycles. The van der Waals surface area contributed by atoms with Crippen molar-refractivity contribution in [2.45, 2.75) is 24.9 Å². The van der Waals surface area contributed by atoms with Crippen LogP contribution >= 0.6 is 11.8 Å². The first-order chi connectivity index (χ1) is 10.5. The van der Waals surface area contributed by atoms with Crippen LogP contribution in [0.15, 0.2) is 29.4 Å². The molecule has 5 N–H and O–H groups in total. The molecule has 1 aromatic heterocycles. The molecular weight excluding hydrogens is 300 g/mol. The highest BCUT2D eigenvalue weighted by molar-refractivity contribution is 7.99. The number of nitrogen functional groups attached to an aromatic ring is 2. The topological polar surface area (TPSA) is 120 Å². The van der Waals surface area contributed by atoms with Crippen molar-refractivity contribution in [3.8, 4) is 0 Å². The molecule has 116 valence electrons. The first kappa shape index (κ1) is 16.0. The van der Waals surface area contributed by atoms with E-state index in [1.807, 2.05) is 24.3 Å². The average molecular weight is 318 g/mol. The van der Waals surface area contributed by atoms with Gasteiger partial charge >= 0.3 is 0 Å². The number of nitrogens with one attached hydrogen (secondary N) is 1. The van der Waals surface area contributed by atoms with E-state index in [1.54, 1.807) is 0 Å². The number of carbonyl (C=O) groups is 1. The van der Waals surface area contributed by atoms with Crippen molar-refractivity contribution in [2.75, 3.05) is 22.5 Å². The second-order valence-electron chi connectivity index (χ2n) is 4.91. The van der Waals surface area contributed by atoms with Crippen molar-refractivity contribution in [1.29, 1.82) is 0 Å². The van der Waals surface area contributed by atoms with E-state index in [2.05, 4.69) is 34.1 Å². The number of aromatic nitrogens is 3. The fraction of sp³-hybridized carbons (Fsp3) is 0.286. The first-order valence-corrected chi connectivity index (χ1v) is 7.73. The summed E-state index contributed by atoms with van der Waals surface area (Å²) >= 11 is 1.16. The molecule has 22 heavy (non-hydrogen) atoms. The molecule has 0 radical (unpaired) electrons. The van der Waals surface area contributed by atoms with Crippen molar-refractivity contribution in [2.24, 2.45) is 0 Å². The minimum absolute atomic E-state index is 0.0422. The fourth-order valence-electron chi connectivity index (χ4n) is 1.88. The van der Waals surface area contributed by atoms with Crippen LogP contribution < -0.4 is 16.8 Å². The van der Waals surface area contributed by atoms with Crippen LogP contribution in [0.1, 0.15) is 25.3 Å². The number of hydrogen-bond acceptors (Lipinski definition) is 7. The van der Waals surface area contributed by atoms with E-state index in [4.69, 9.17) is 11.5 Å². The number of anilines is 3. The van der Waals surface area contributed by atoms with Gasteiger partial charge in [0.25, 0.3) is 0 Å². The summed E-state index contributed by atoms with van der Waals surface area (Å²) in [4.78, 5) is 23.6. The van der Waals surface area contributed by atoms with E-state index in [0.717, 1.165) is 23.0 Å². The standard InChI is InChI=1S/C14H18N6OS/c1-8(2)9-5-3-4-6-10(9)17-11(21)7-22-14-19-12(15)18-13(16)20-14/h3-6,8H,7H2,1-2H3,(H,17,21)(H4,15,16,18,19,20). The number of para-hydroxylation sites is 1. The highest BCUT2D eigenvalue weighted by Gasteiger charge is 2.11. The van der Waals surface area contributed by atoms with Gasteiger partial charge in [-0.15, -0.1) is 0 Å². The first-order valence-electron chi connectivity index (χ1n) is 6.74. The minimum atomic E-state index is -0.143. The molecule has 0 atom stereocenters. The second kappa shape index (κ2) is 7.08. The van der Waals surface area contributed by atoms with E-state index < -0.39 is 0 Å². The summed E-state index contributed by atoms with van der Waals surface area (Å²) in [7, 11) is 0. The van der Waals surface area contributed by atoms with Gasteiger partial charge < -0.3 is 16.8 Å². The van der Waals surface area contributed by atoms with Gasteiger partial charge in [-0.1, -0.05) is 43.8 Å². The zero-order valence-electron chi connectivity index (χ0n) is 12.4. The Bertz CT molecular complexity index is 656. The highest BCUT2D eigenvalue weighted by Crippen LogP contribution is 2.24. The summed E-state index contributed by atoms with van der Waals surface area (Å²) in [6.07, 6.45) is 0. The summed E-state index contributed by atoms with van der Waals surface area (Å²) in [6, 6.07) is 7.73. The third-order valence-electron chi connectivity index (χ3n) is 2.84. The van der Waals surface area contributed by atoms with E-state index in [-0.39, 0.29) is 23.6 Å². The predicted octanol–water partition coefficient (Wildman–Crippen LogP) is 1.89. The van der Waals surface area contributed by atoms with Crippen molar-refractivity contribution in [3.63, 3.8) is 0 Å². The smallest absolute Gasteiger partial charge is 0.234 e. The van der Waals surface area contributed by atoms with E-state index in [1.165, 1.54) is 0 Å². The Morgan fingerprint density at radius 3 is 2.45 bits per heavy atom. The number of thioether (sulfide) groups is 1. The van der Waals surface area contributed by atoms with Crippen LogP contribution in [0.5, 0.6) is 0 Å². The zero-order valence-corrected chi connectivity index (χ0v) is 13.2. The molecule has 1 aromatic carbocycles. The Labute approximate surface area is 132 Å². The second-order valence-corrected chi connectivity index (χ2v) is 5.86. The van der Waals surface area contributed by atoms with Crippen molar-refractivity contribution in [3.05, 3.63) is 29.8 Å². The lowest BCUT2D eigenvalue weighted by atomic mass is 10.0. The molecule has 0 unspecified atom stereocenters. The van der Waals surface area contributed by atoms with Crippen LogP contribution in [0.4, 0.5) is 17.6 Å². The molecule has 2 rings (SSSR count). The summed E-state index contributed by atoms with van der Waals surface area (Å²) in [5, 5.41) is 3.23. The van der Waals surface area contributed by atoms with Gasteiger partial charge in [0.2, 0.25) is 17.8 Å². The van der Waals surface area contributed by atoms with Crippen LogP contribution in [-0.4, -0.2) is 26.6 Å². The van der Waals surface area contributed by atoms with Crippen molar-refractivity contribution >= 4 is 35.3 Å². The van der Waals surface area contributed by atoms with Crippen LogP contribution in [0.3, 0.4) is 0 Å². The Balaban J connectivity index is 1.99. The Morgan fingerprint density at radius 2 is 1.82 bits per heavy atom. The van der Waals surface area contributed by atoms with Crippen LogP contribution in [0.2, 0.25) is 0 Å². The highest BCUT2D eigenvalue weighted by atomic mass is 32.2. The molecular formula is C14H18N6OS. The zero-order chi connectivity index (χ0) is 16.1. The predicted molar refractivity (Wildman–Crippen MR) is 88.5 cm³/mol. The lowest BCUT2D eigenvalue weighted by Crippen LogP contribution is -2.16. The summed E-state index contributed by atoms with van der Waals surface area (Å²) < 4.78 is 0. The monoisotopic (exact) mass is 318 g/mol. The van der Waals surface area contributed by atoms with Gasteiger partial charge in [0.1, 0.15) is 0 Å². The third-order valence-corrected chi connectivity index (χ3v) is 3.69. The summed E-state index contributed by atoms with van der Waals surface area (Å²) in [5.74, 6) is 0.430. The molecule has 0 fully saturated rings. The fourth-order valence-corrected chi connectivity index (χ4v) is 2.53. The van der Waals surface area contributed by atoms with Crippen LogP contribution in [0.25, 0.3) is 0 Å². The summed E-state index contributed by atoms with van der Waals surface area (Å²) in [6.45, 7) is 4.16. The van der Waals surface area contributed by atoms with Gasteiger partial charge in [-0.2, -0.15) is 15.0 Å². The maximum absolute atomic E-state index is 12.1. The quantitative estimate of drug-likeness (QED) is 0.720. The number of amides is 1. The van der Waals surface area contributed by atoms with E-state index in [9.17, 15) is 4.79 Å².